The van der Waals surface area contributed by atoms with Crippen LogP contribution in [-0.2, 0) is 4.79 Å². The lowest BCUT2D eigenvalue weighted by molar-refractivity contribution is -0.115. The number of anilines is 2. The number of hydrogen-bond acceptors (Lipinski definition) is 6. The number of carbonyl (C=O) groups is 1. The quantitative estimate of drug-likeness (QED) is 0.650. The average molecular weight is 406 g/mol. The zero-order valence-electron chi connectivity index (χ0n) is 17.6. The van der Waals surface area contributed by atoms with Gasteiger partial charge in [-0.2, -0.15) is 4.98 Å². The summed E-state index contributed by atoms with van der Waals surface area (Å²) in [6.07, 6.45) is 0. The molecule has 1 aliphatic heterocycles. The summed E-state index contributed by atoms with van der Waals surface area (Å²) in [6, 6.07) is 11.3. The van der Waals surface area contributed by atoms with Crippen LogP contribution in [0.1, 0.15) is 38.3 Å². The van der Waals surface area contributed by atoms with Gasteiger partial charge in [0.05, 0.1) is 5.57 Å². The lowest BCUT2D eigenvalue weighted by Crippen LogP contribution is -2.31. The molecule has 0 radical (unpaired) electrons. The van der Waals surface area contributed by atoms with Crippen molar-refractivity contribution >= 4 is 17.5 Å². The Kier molecular flexibility index (Phi) is 5.07. The second kappa shape index (κ2) is 7.70. The Labute approximate surface area is 175 Å². The van der Waals surface area contributed by atoms with E-state index in [9.17, 15) is 4.79 Å². The summed E-state index contributed by atoms with van der Waals surface area (Å²) in [5.74, 6) is 1.93. The van der Waals surface area contributed by atoms with E-state index < -0.39 is 11.9 Å². The van der Waals surface area contributed by atoms with Crippen LogP contribution in [0.3, 0.4) is 0 Å². The number of primary amides is 1. The van der Waals surface area contributed by atoms with E-state index >= 15 is 0 Å². The number of nitrogens with one attached hydrogen (secondary N) is 1. The average Bonchev–Trinajstić information content (AvgIpc) is 3.34. The van der Waals surface area contributed by atoms with E-state index in [2.05, 4.69) is 41.2 Å². The van der Waals surface area contributed by atoms with Crippen LogP contribution in [0.15, 0.2) is 52.1 Å². The lowest BCUT2D eigenvalue weighted by Gasteiger charge is -2.25. The largest absolute Gasteiger partial charge is 0.464 e. The molecule has 0 saturated carbocycles. The van der Waals surface area contributed by atoms with E-state index in [4.69, 9.17) is 15.2 Å². The van der Waals surface area contributed by atoms with Crippen molar-refractivity contribution < 1.29 is 9.21 Å². The molecule has 1 aliphatic rings. The fourth-order valence-corrected chi connectivity index (χ4v) is 3.87. The van der Waals surface area contributed by atoms with E-state index in [1.165, 1.54) is 0 Å². The SMILES string of the molecule is CCN(CC)c1ccc(-c2nc3n(n2)C(c2ccc(C)o2)C(C(N)=O)=C(C)N3)cc1. The number of carbonyl (C=O) groups excluding carboxylic acids is 1. The van der Waals surface area contributed by atoms with Gasteiger partial charge in [-0.25, -0.2) is 4.68 Å². The molecule has 1 aromatic carbocycles. The van der Waals surface area contributed by atoms with Crippen molar-refractivity contribution in [1.29, 1.82) is 0 Å². The molecule has 156 valence electrons. The summed E-state index contributed by atoms with van der Waals surface area (Å²) in [4.78, 5) is 19.2. The maximum Gasteiger partial charge on any atom is 0.249 e. The van der Waals surface area contributed by atoms with Crippen LogP contribution in [-0.4, -0.2) is 33.8 Å². The highest BCUT2D eigenvalue weighted by Gasteiger charge is 2.35. The molecule has 1 amide bonds. The molecule has 1 atom stereocenters. The molecule has 2 aromatic heterocycles. The van der Waals surface area contributed by atoms with Gasteiger partial charge in [0.25, 0.3) is 0 Å². The van der Waals surface area contributed by atoms with Gasteiger partial charge in [0, 0.05) is 30.0 Å². The summed E-state index contributed by atoms with van der Waals surface area (Å²) < 4.78 is 7.49. The van der Waals surface area contributed by atoms with Crippen LogP contribution in [0.5, 0.6) is 0 Å². The smallest absolute Gasteiger partial charge is 0.249 e. The second-order valence-corrected chi connectivity index (χ2v) is 7.30. The van der Waals surface area contributed by atoms with E-state index in [1.807, 2.05) is 31.2 Å². The van der Waals surface area contributed by atoms with Gasteiger partial charge < -0.3 is 20.4 Å². The molecule has 0 bridgehead atoms. The van der Waals surface area contributed by atoms with E-state index in [0.717, 1.165) is 30.1 Å². The second-order valence-electron chi connectivity index (χ2n) is 7.30. The Bertz CT molecular complexity index is 1110. The van der Waals surface area contributed by atoms with Crippen molar-refractivity contribution in [3.05, 3.63) is 59.2 Å². The highest BCUT2D eigenvalue weighted by atomic mass is 16.3. The monoisotopic (exact) mass is 406 g/mol. The zero-order valence-corrected chi connectivity index (χ0v) is 17.6. The molecular weight excluding hydrogens is 380 g/mol. The molecule has 0 saturated heterocycles. The Morgan fingerprint density at radius 3 is 2.43 bits per heavy atom. The number of nitrogens with two attached hydrogens (primary N) is 1. The first-order valence-electron chi connectivity index (χ1n) is 10.1. The summed E-state index contributed by atoms with van der Waals surface area (Å²) in [5, 5.41) is 7.85. The molecule has 30 heavy (non-hydrogen) atoms. The maximum atomic E-state index is 12.2. The van der Waals surface area contributed by atoms with Crippen LogP contribution in [0.25, 0.3) is 11.4 Å². The van der Waals surface area contributed by atoms with E-state index in [0.29, 0.717) is 28.8 Å². The number of nitrogens with zero attached hydrogens (tertiary/aromatic N) is 4. The Morgan fingerprint density at radius 1 is 1.17 bits per heavy atom. The number of rotatable bonds is 6. The van der Waals surface area contributed by atoms with Crippen molar-refractivity contribution in [2.24, 2.45) is 5.73 Å². The van der Waals surface area contributed by atoms with Crippen molar-refractivity contribution in [1.82, 2.24) is 14.8 Å². The van der Waals surface area contributed by atoms with Gasteiger partial charge in [-0.3, -0.25) is 4.79 Å². The third-order valence-electron chi connectivity index (χ3n) is 5.40. The topological polar surface area (TPSA) is 102 Å². The van der Waals surface area contributed by atoms with Gasteiger partial charge in [-0.05, 0) is 64.1 Å². The first-order valence-corrected chi connectivity index (χ1v) is 10.1. The molecule has 0 fully saturated rings. The molecule has 3 N–H and O–H groups in total. The number of allylic oxidation sites excluding steroid dienone is 1. The summed E-state index contributed by atoms with van der Waals surface area (Å²) in [6.45, 7) is 9.83. The van der Waals surface area contributed by atoms with Gasteiger partial charge in [0.2, 0.25) is 11.9 Å². The van der Waals surface area contributed by atoms with E-state index in [-0.39, 0.29) is 0 Å². The minimum atomic E-state index is -0.566. The van der Waals surface area contributed by atoms with Gasteiger partial charge in [-0.1, -0.05) is 0 Å². The highest BCUT2D eigenvalue weighted by Crippen LogP contribution is 2.36. The molecule has 3 aromatic rings. The lowest BCUT2D eigenvalue weighted by atomic mass is 10.0. The fourth-order valence-electron chi connectivity index (χ4n) is 3.87. The Morgan fingerprint density at radius 2 is 1.87 bits per heavy atom. The molecule has 3 heterocycles. The van der Waals surface area contributed by atoms with Crippen molar-refractivity contribution in [2.45, 2.75) is 33.7 Å². The van der Waals surface area contributed by atoms with E-state index in [1.54, 1.807) is 11.6 Å². The molecule has 0 aliphatic carbocycles. The minimum absolute atomic E-state index is 0.408. The summed E-state index contributed by atoms with van der Waals surface area (Å²) in [5.41, 5.74) is 8.79. The molecule has 1 unspecified atom stereocenters. The van der Waals surface area contributed by atoms with Crippen molar-refractivity contribution in [3.8, 4) is 11.4 Å². The number of aryl methyl sites for hydroxylation is 1. The van der Waals surface area contributed by atoms with Crippen LogP contribution in [0.4, 0.5) is 11.6 Å². The summed E-state index contributed by atoms with van der Waals surface area (Å²) >= 11 is 0. The van der Waals surface area contributed by atoms with Gasteiger partial charge in [0.15, 0.2) is 5.82 Å². The molecule has 4 rings (SSSR count). The Hall–Kier alpha value is -3.55. The third-order valence-corrected chi connectivity index (χ3v) is 5.40. The molecule has 8 heteroatoms. The number of furan rings is 1. The fraction of sp³-hybridized carbons (Fsp3) is 0.318. The Balaban J connectivity index is 1.76. The van der Waals surface area contributed by atoms with Crippen molar-refractivity contribution in [2.75, 3.05) is 23.3 Å². The van der Waals surface area contributed by atoms with Crippen LogP contribution in [0, 0.1) is 6.92 Å². The number of benzene rings is 1. The van der Waals surface area contributed by atoms with Gasteiger partial charge in [0.1, 0.15) is 17.6 Å². The molecule has 0 spiro atoms. The maximum absolute atomic E-state index is 12.2. The van der Waals surface area contributed by atoms with Gasteiger partial charge in [-0.15, -0.1) is 5.10 Å². The normalized spacial score (nSPS) is 15.7. The third kappa shape index (κ3) is 3.34. The first-order chi connectivity index (χ1) is 14.4. The standard InChI is InChI=1S/C22H26N6O2/c1-5-27(6-2)16-10-8-15(9-11-16)21-25-22-24-14(4)18(20(23)29)19(28(22)26-21)17-12-7-13(3)30-17/h7-12,19H,5-6H2,1-4H3,(H2,23,29)(H,24,25,26). The predicted molar refractivity (Wildman–Crippen MR) is 116 cm³/mol. The number of fused-ring (bicyclic) bond motifs is 1. The van der Waals surface area contributed by atoms with Crippen molar-refractivity contribution in [3.63, 3.8) is 0 Å². The minimum Gasteiger partial charge on any atom is -0.464 e. The predicted octanol–water partition coefficient (Wildman–Crippen LogP) is 3.47. The van der Waals surface area contributed by atoms with Crippen LogP contribution in [0.2, 0.25) is 0 Å². The number of amides is 1. The molecular formula is C22H26N6O2. The van der Waals surface area contributed by atoms with Crippen LogP contribution >= 0.6 is 0 Å². The number of hydrogen-bond donors (Lipinski definition) is 2. The zero-order chi connectivity index (χ0) is 21.4. The first kappa shape index (κ1) is 19.8. The van der Waals surface area contributed by atoms with Gasteiger partial charge >= 0.3 is 0 Å². The summed E-state index contributed by atoms with van der Waals surface area (Å²) in [7, 11) is 0. The van der Waals surface area contributed by atoms with Crippen LogP contribution < -0.4 is 16.0 Å². The molecule has 8 nitrogen and oxygen atoms in total. The highest BCUT2D eigenvalue weighted by molar-refractivity contribution is 5.95. The number of aromatic nitrogens is 3.